The molecule has 1 saturated carbocycles. The minimum Gasteiger partial charge on any atom is -0.363 e. The Hall–Kier alpha value is -2.12. The van der Waals surface area contributed by atoms with E-state index in [2.05, 4.69) is 20.6 Å². The first kappa shape index (κ1) is 20.6. The van der Waals surface area contributed by atoms with Crippen LogP contribution < -0.4 is 15.5 Å². The standard InChI is InChI=1S/C19H22Cl2FN5O/c1-27(2)17-7-8-23-19(26-17)25-12-5-3-11(4-6-12)24-18(28)13-9-16(22)15(21)10-14(13)20/h7-12H,3-6H2,1-2H3,(H,24,28)(H,23,25,26)/t11-,12+. The lowest BCUT2D eigenvalue weighted by atomic mass is 9.91. The van der Waals surface area contributed by atoms with Crippen molar-refractivity contribution in [2.75, 3.05) is 24.3 Å². The number of benzene rings is 1. The van der Waals surface area contributed by atoms with Crippen molar-refractivity contribution >= 4 is 40.9 Å². The second-order valence-corrected chi connectivity index (χ2v) is 7.86. The lowest BCUT2D eigenvalue weighted by Gasteiger charge is -2.30. The highest BCUT2D eigenvalue weighted by Crippen LogP contribution is 2.26. The summed E-state index contributed by atoms with van der Waals surface area (Å²) < 4.78 is 13.6. The van der Waals surface area contributed by atoms with Crippen LogP contribution in [0.5, 0.6) is 0 Å². The van der Waals surface area contributed by atoms with Gasteiger partial charge in [-0.15, -0.1) is 0 Å². The number of carbonyl (C=O) groups is 1. The normalized spacial score (nSPS) is 19.2. The number of halogens is 3. The van der Waals surface area contributed by atoms with Crippen LogP contribution >= 0.6 is 23.2 Å². The van der Waals surface area contributed by atoms with Gasteiger partial charge in [0.25, 0.3) is 5.91 Å². The predicted molar refractivity (Wildman–Crippen MR) is 110 cm³/mol. The van der Waals surface area contributed by atoms with Crippen molar-refractivity contribution in [1.82, 2.24) is 15.3 Å². The quantitative estimate of drug-likeness (QED) is 0.704. The van der Waals surface area contributed by atoms with E-state index < -0.39 is 5.82 Å². The largest absolute Gasteiger partial charge is 0.363 e. The summed E-state index contributed by atoms with van der Waals surface area (Å²) in [6.45, 7) is 0. The number of hydrogen-bond acceptors (Lipinski definition) is 5. The second-order valence-electron chi connectivity index (χ2n) is 7.05. The van der Waals surface area contributed by atoms with Gasteiger partial charge in [0, 0.05) is 32.4 Å². The lowest BCUT2D eigenvalue weighted by molar-refractivity contribution is 0.0926. The monoisotopic (exact) mass is 425 g/mol. The fourth-order valence-corrected chi connectivity index (χ4v) is 3.66. The van der Waals surface area contributed by atoms with Gasteiger partial charge in [0.2, 0.25) is 5.95 Å². The zero-order valence-electron chi connectivity index (χ0n) is 15.7. The molecule has 2 N–H and O–H groups in total. The summed E-state index contributed by atoms with van der Waals surface area (Å²) in [7, 11) is 3.86. The first-order valence-corrected chi connectivity index (χ1v) is 9.81. The van der Waals surface area contributed by atoms with Gasteiger partial charge in [-0.2, -0.15) is 4.98 Å². The van der Waals surface area contributed by atoms with E-state index in [9.17, 15) is 9.18 Å². The van der Waals surface area contributed by atoms with Gasteiger partial charge in [0.1, 0.15) is 11.6 Å². The Morgan fingerprint density at radius 3 is 2.50 bits per heavy atom. The minimum absolute atomic E-state index is 0.00869. The molecule has 9 heteroatoms. The third-order valence-electron chi connectivity index (χ3n) is 4.75. The maximum Gasteiger partial charge on any atom is 0.253 e. The summed E-state index contributed by atoms with van der Waals surface area (Å²) in [5.74, 6) is 0.385. The van der Waals surface area contributed by atoms with E-state index in [0.29, 0.717) is 5.95 Å². The molecular weight excluding hydrogens is 404 g/mol. The molecular formula is C19H22Cl2FN5O. The third kappa shape index (κ3) is 5.02. The molecule has 0 bridgehead atoms. The Morgan fingerprint density at radius 2 is 1.82 bits per heavy atom. The smallest absolute Gasteiger partial charge is 0.253 e. The Bertz CT molecular complexity index is 856. The number of amides is 1. The molecule has 6 nitrogen and oxygen atoms in total. The summed E-state index contributed by atoms with van der Waals surface area (Å²) in [5.41, 5.74) is 0.0951. The Kier molecular flexibility index (Phi) is 6.57. The molecule has 0 saturated heterocycles. The van der Waals surface area contributed by atoms with Crippen LogP contribution in [0.25, 0.3) is 0 Å². The molecule has 0 unspecified atom stereocenters. The van der Waals surface area contributed by atoms with Gasteiger partial charge in [-0.05, 0) is 43.9 Å². The number of rotatable bonds is 5. The first-order valence-electron chi connectivity index (χ1n) is 9.06. The van der Waals surface area contributed by atoms with E-state index in [4.69, 9.17) is 23.2 Å². The van der Waals surface area contributed by atoms with Gasteiger partial charge < -0.3 is 15.5 Å². The number of carbonyl (C=O) groups excluding carboxylic acids is 1. The van der Waals surface area contributed by atoms with E-state index in [1.54, 1.807) is 6.20 Å². The molecule has 1 fully saturated rings. The molecule has 1 aliphatic rings. The average molecular weight is 426 g/mol. The van der Waals surface area contributed by atoms with Crippen LogP contribution in [0, 0.1) is 5.82 Å². The zero-order chi connectivity index (χ0) is 20.3. The highest BCUT2D eigenvalue weighted by molar-refractivity contribution is 6.36. The van der Waals surface area contributed by atoms with Gasteiger partial charge in [-0.25, -0.2) is 9.37 Å². The number of nitrogens with zero attached hydrogens (tertiary/aromatic N) is 3. The Balaban J connectivity index is 1.54. The molecule has 3 rings (SSSR count). The summed E-state index contributed by atoms with van der Waals surface area (Å²) in [5, 5.41) is 6.32. The molecule has 28 heavy (non-hydrogen) atoms. The van der Waals surface area contributed by atoms with Crippen molar-refractivity contribution in [1.29, 1.82) is 0 Å². The minimum atomic E-state index is -0.663. The molecule has 0 aliphatic heterocycles. The lowest BCUT2D eigenvalue weighted by Crippen LogP contribution is -2.40. The molecule has 1 heterocycles. The zero-order valence-corrected chi connectivity index (χ0v) is 17.2. The Morgan fingerprint density at radius 1 is 1.14 bits per heavy atom. The average Bonchev–Trinajstić information content (AvgIpc) is 2.66. The summed E-state index contributed by atoms with van der Waals surface area (Å²) in [6.07, 6.45) is 5.05. The summed E-state index contributed by atoms with van der Waals surface area (Å²) >= 11 is 11.7. The van der Waals surface area contributed by atoms with Crippen LogP contribution in [0.1, 0.15) is 36.0 Å². The van der Waals surface area contributed by atoms with Crippen molar-refractivity contribution in [2.24, 2.45) is 0 Å². The van der Waals surface area contributed by atoms with Crippen molar-refractivity contribution in [3.05, 3.63) is 45.8 Å². The van der Waals surface area contributed by atoms with Crippen LogP contribution in [0.15, 0.2) is 24.4 Å². The third-order valence-corrected chi connectivity index (χ3v) is 5.35. The van der Waals surface area contributed by atoms with Crippen molar-refractivity contribution in [3.63, 3.8) is 0 Å². The highest BCUT2D eigenvalue weighted by Gasteiger charge is 2.24. The van der Waals surface area contributed by atoms with E-state index in [-0.39, 0.29) is 33.6 Å². The van der Waals surface area contributed by atoms with Crippen LogP contribution in [0.3, 0.4) is 0 Å². The number of hydrogen-bond donors (Lipinski definition) is 2. The number of anilines is 2. The molecule has 1 aromatic carbocycles. The second kappa shape index (κ2) is 8.92. The molecule has 1 aliphatic carbocycles. The van der Waals surface area contributed by atoms with Crippen LogP contribution in [0.2, 0.25) is 10.0 Å². The van der Waals surface area contributed by atoms with Gasteiger partial charge in [0.05, 0.1) is 15.6 Å². The predicted octanol–water partition coefficient (Wildman–Crippen LogP) is 4.14. The maximum atomic E-state index is 13.6. The number of aromatic nitrogens is 2. The van der Waals surface area contributed by atoms with Crippen LogP contribution in [-0.2, 0) is 0 Å². The van der Waals surface area contributed by atoms with Gasteiger partial charge in [-0.3, -0.25) is 4.79 Å². The van der Waals surface area contributed by atoms with E-state index in [1.807, 2.05) is 25.1 Å². The molecule has 0 atom stereocenters. The van der Waals surface area contributed by atoms with Gasteiger partial charge in [0.15, 0.2) is 0 Å². The van der Waals surface area contributed by atoms with Crippen LogP contribution in [-0.4, -0.2) is 42.1 Å². The molecule has 2 aromatic rings. The van der Waals surface area contributed by atoms with E-state index in [0.717, 1.165) is 37.6 Å². The molecule has 1 aromatic heterocycles. The fourth-order valence-electron chi connectivity index (χ4n) is 3.19. The van der Waals surface area contributed by atoms with Crippen molar-refractivity contribution in [2.45, 2.75) is 37.8 Å². The highest BCUT2D eigenvalue weighted by atomic mass is 35.5. The maximum absolute atomic E-state index is 13.6. The van der Waals surface area contributed by atoms with E-state index in [1.165, 1.54) is 6.07 Å². The summed E-state index contributed by atoms with van der Waals surface area (Å²) in [6, 6.07) is 4.41. The molecule has 150 valence electrons. The first-order chi connectivity index (χ1) is 13.3. The molecule has 0 radical (unpaired) electrons. The van der Waals surface area contributed by atoms with Crippen molar-refractivity contribution < 1.29 is 9.18 Å². The number of nitrogens with one attached hydrogen (secondary N) is 2. The van der Waals surface area contributed by atoms with Crippen LogP contribution in [0.4, 0.5) is 16.2 Å². The fraction of sp³-hybridized carbons (Fsp3) is 0.421. The van der Waals surface area contributed by atoms with Crippen molar-refractivity contribution in [3.8, 4) is 0 Å². The molecule has 1 amide bonds. The van der Waals surface area contributed by atoms with E-state index >= 15 is 0 Å². The summed E-state index contributed by atoms with van der Waals surface area (Å²) in [4.78, 5) is 23.1. The Labute approximate surface area is 173 Å². The topological polar surface area (TPSA) is 70.2 Å². The van der Waals surface area contributed by atoms with Gasteiger partial charge >= 0.3 is 0 Å². The van der Waals surface area contributed by atoms with Gasteiger partial charge in [-0.1, -0.05) is 23.2 Å². The SMILES string of the molecule is CN(C)c1ccnc(N[C@H]2CC[C@@H](NC(=O)c3cc(F)c(Cl)cc3Cl)CC2)n1. The molecule has 0 spiro atoms.